The minimum atomic E-state index is 0.0781. The van der Waals surface area contributed by atoms with Crippen LogP contribution in [-0.4, -0.2) is 23.2 Å². The maximum atomic E-state index is 11.9. The van der Waals surface area contributed by atoms with Gasteiger partial charge in [0.2, 0.25) is 5.91 Å². The van der Waals surface area contributed by atoms with Gasteiger partial charge in [-0.1, -0.05) is 41.9 Å². The van der Waals surface area contributed by atoms with Crippen LogP contribution in [-0.2, 0) is 11.2 Å². The van der Waals surface area contributed by atoms with Crippen LogP contribution >= 0.6 is 23.4 Å². The van der Waals surface area contributed by atoms with E-state index in [-0.39, 0.29) is 5.91 Å². The highest BCUT2D eigenvalue weighted by Gasteiger charge is 2.06. The number of hydrogen-bond donors (Lipinski definition) is 2. The first-order valence-electron chi connectivity index (χ1n) is 7.93. The lowest BCUT2D eigenvalue weighted by Gasteiger charge is -2.06. The molecule has 124 valence electrons. The molecule has 0 unspecified atom stereocenters. The molecule has 3 nitrogen and oxygen atoms in total. The third-order valence-electron chi connectivity index (χ3n) is 3.81. The molecule has 2 aromatic carbocycles. The van der Waals surface area contributed by atoms with Gasteiger partial charge in [-0.25, -0.2) is 0 Å². The zero-order valence-electron chi connectivity index (χ0n) is 13.2. The lowest BCUT2D eigenvalue weighted by atomic mass is 10.1. The van der Waals surface area contributed by atoms with Crippen LogP contribution in [0, 0.1) is 0 Å². The Bertz CT molecular complexity index is 831. The molecule has 0 aliphatic heterocycles. The lowest BCUT2D eigenvalue weighted by molar-refractivity contribution is -0.120. The van der Waals surface area contributed by atoms with E-state index >= 15 is 0 Å². The van der Waals surface area contributed by atoms with Crippen LogP contribution < -0.4 is 5.32 Å². The Balaban J connectivity index is 1.41. The standard InChI is InChI=1S/C19H19ClN2OS/c20-16-6-2-4-8-18(16)24-12-10-19(23)21-11-9-14-13-22-17-7-3-1-5-15(14)17/h1-8,13,22H,9-12H2,(H,21,23). The summed E-state index contributed by atoms with van der Waals surface area (Å²) in [6.07, 6.45) is 3.33. The number of aromatic amines is 1. The van der Waals surface area contributed by atoms with E-state index in [0.717, 1.165) is 27.6 Å². The number of halogens is 1. The number of thioether (sulfide) groups is 1. The fraction of sp³-hybridized carbons (Fsp3) is 0.211. The summed E-state index contributed by atoms with van der Waals surface area (Å²) in [7, 11) is 0. The van der Waals surface area contributed by atoms with Crippen LogP contribution in [0.1, 0.15) is 12.0 Å². The Morgan fingerprint density at radius 2 is 1.92 bits per heavy atom. The fourth-order valence-electron chi connectivity index (χ4n) is 2.58. The van der Waals surface area contributed by atoms with Crippen molar-refractivity contribution in [1.29, 1.82) is 0 Å². The first-order chi connectivity index (χ1) is 11.7. The third-order valence-corrected chi connectivity index (χ3v) is 5.33. The van der Waals surface area contributed by atoms with Crippen LogP contribution in [0.15, 0.2) is 59.6 Å². The molecule has 0 fully saturated rings. The summed E-state index contributed by atoms with van der Waals surface area (Å²) in [5.41, 5.74) is 2.37. The van der Waals surface area contributed by atoms with Gasteiger partial charge in [0.05, 0.1) is 5.02 Å². The molecule has 0 atom stereocenters. The molecule has 0 radical (unpaired) electrons. The molecule has 1 amide bonds. The molecule has 0 aliphatic rings. The molecule has 0 saturated carbocycles. The van der Waals surface area contributed by atoms with Crippen LogP contribution in [0.5, 0.6) is 0 Å². The number of rotatable bonds is 7. The molecule has 1 aromatic heterocycles. The number of aromatic nitrogens is 1. The topological polar surface area (TPSA) is 44.9 Å². The molecule has 2 N–H and O–H groups in total. The summed E-state index contributed by atoms with van der Waals surface area (Å²) in [5.74, 6) is 0.803. The van der Waals surface area contributed by atoms with Crippen molar-refractivity contribution >= 4 is 40.2 Å². The molecule has 0 bridgehead atoms. The van der Waals surface area contributed by atoms with E-state index in [2.05, 4.69) is 22.4 Å². The Morgan fingerprint density at radius 3 is 2.79 bits per heavy atom. The van der Waals surface area contributed by atoms with Crippen molar-refractivity contribution in [2.75, 3.05) is 12.3 Å². The summed E-state index contributed by atoms with van der Waals surface area (Å²) in [6.45, 7) is 0.650. The smallest absolute Gasteiger partial charge is 0.220 e. The Labute approximate surface area is 150 Å². The SMILES string of the molecule is O=C(CCSc1ccccc1Cl)NCCc1c[nH]c2ccccc12. The second kappa shape index (κ2) is 8.27. The zero-order chi connectivity index (χ0) is 16.8. The predicted molar refractivity (Wildman–Crippen MR) is 102 cm³/mol. The number of benzene rings is 2. The van der Waals surface area contributed by atoms with E-state index in [0.29, 0.717) is 13.0 Å². The summed E-state index contributed by atoms with van der Waals surface area (Å²) < 4.78 is 0. The number of nitrogens with one attached hydrogen (secondary N) is 2. The normalized spacial score (nSPS) is 10.9. The maximum absolute atomic E-state index is 11.9. The molecule has 3 rings (SSSR count). The second-order valence-corrected chi connectivity index (χ2v) is 7.03. The Hall–Kier alpha value is -1.91. The maximum Gasteiger partial charge on any atom is 0.220 e. The zero-order valence-corrected chi connectivity index (χ0v) is 14.8. The molecular formula is C19H19ClN2OS. The summed E-state index contributed by atoms with van der Waals surface area (Å²) in [4.78, 5) is 16.2. The van der Waals surface area contributed by atoms with Gasteiger partial charge in [-0.3, -0.25) is 4.79 Å². The number of H-pyrrole nitrogens is 1. The minimum Gasteiger partial charge on any atom is -0.361 e. The van der Waals surface area contributed by atoms with E-state index in [4.69, 9.17) is 11.6 Å². The molecule has 1 heterocycles. The van der Waals surface area contributed by atoms with Gasteiger partial charge < -0.3 is 10.3 Å². The van der Waals surface area contributed by atoms with Crippen LogP contribution in [0.2, 0.25) is 5.02 Å². The quantitative estimate of drug-likeness (QED) is 0.603. The highest BCUT2D eigenvalue weighted by atomic mass is 35.5. The van der Waals surface area contributed by atoms with Gasteiger partial charge in [0.25, 0.3) is 0 Å². The number of amides is 1. The highest BCUT2D eigenvalue weighted by Crippen LogP contribution is 2.26. The van der Waals surface area contributed by atoms with Crippen molar-refractivity contribution in [2.24, 2.45) is 0 Å². The number of carbonyl (C=O) groups is 1. The third kappa shape index (κ3) is 4.34. The average Bonchev–Trinajstić information content (AvgIpc) is 3.00. The first-order valence-corrected chi connectivity index (χ1v) is 9.29. The van der Waals surface area contributed by atoms with Gasteiger partial charge in [-0.2, -0.15) is 0 Å². The van der Waals surface area contributed by atoms with Gasteiger partial charge in [0.15, 0.2) is 0 Å². The molecule has 0 spiro atoms. The second-order valence-electron chi connectivity index (χ2n) is 5.49. The molecule has 5 heteroatoms. The first kappa shape index (κ1) is 16.9. The lowest BCUT2D eigenvalue weighted by Crippen LogP contribution is -2.25. The number of hydrogen-bond acceptors (Lipinski definition) is 2. The average molecular weight is 359 g/mol. The predicted octanol–water partition coefficient (Wildman–Crippen LogP) is 4.66. The van der Waals surface area contributed by atoms with E-state index in [1.165, 1.54) is 10.9 Å². The minimum absolute atomic E-state index is 0.0781. The number of fused-ring (bicyclic) bond motifs is 1. The van der Waals surface area contributed by atoms with Gasteiger partial charge >= 0.3 is 0 Å². The Morgan fingerprint density at radius 1 is 1.12 bits per heavy atom. The van der Waals surface area contributed by atoms with Crippen molar-refractivity contribution < 1.29 is 4.79 Å². The number of para-hydroxylation sites is 1. The van der Waals surface area contributed by atoms with Crippen molar-refractivity contribution in [1.82, 2.24) is 10.3 Å². The molecule has 24 heavy (non-hydrogen) atoms. The van der Waals surface area contributed by atoms with Crippen LogP contribution in [0.4, 0.5) is 0 Å². The van der Waals surface area contributed by atoms with Crippen molar-refractivity contribution in [3.05, 3.63) is 65.3 Å². The summed E-state index contributed by atoms with van der Waals surface area (Å²) in [6, 6.07) is 15.9. The highest BCUT2D eigenvalue weighted by molar-refractivity contribution is 7.99. The van der Waals surface area contributed by atoms with E-state index in [9.17, 15) is 4.79 Å². The molecular weight excluding hydrogens is 340 g/mol. The van der Waals surface area contributed by atoms with Gasteiger partial charge in [0, 0.05) is 40.7 Å². The van der Waals surface area contributed by atoms with Crippen molar-refractivity contribution in [3.8, 4) is 0 Å². The summed E-state index contributed by atoms with van der Waals surface area (Å²) >= 11 is 7.71. The fourth-order valence-corrected chi connectivity index (χ4v) is 3.77. The van der Waals surface area contributed by atoms with Crippen molar-refractivity contribution in [2.45, 2.75) is 17.7 Å². The van der Waals surface area contributed by atoms with E-state index in [1.54, 1.807) is 11.8 Å². The molecule has 3 aromatic rings. The van der Waals surface area contributed by atoms with E-state index in [1.807, 2.05) is 42.6 Å². The molecule has 0 aliphatic carbocycles. The van der Waals surface area contributed by atoms with Gasteiger partial charge in [0.1, 0.15) is 0 Å². The van der Waals surface area contributed by atoms with Crippen LogP contribution in [0.3, 0.4) is 0 Å². The summed E-state index contributed by atoms with van der Waals surface area (Å²) in [5, 5.41) is 4.95. The van der Waals surface area contributed by atoms with Gasteiger partial charge in [-0.15, -0.1) is 11.8 Å². The van der Waals surface area contributed by atoms with E-state index < -0.39 is 0 Å². The molecule has 0 saturated heterocycles. The van der Waals surface area contributed by atoms with Gasteiger partial charge in [-0.05, 0) is 30.2 Å². The van der Waals surface area contributed by atoms with Crippen molar-refractivity contribution in [3.63, 3.8) is 0 Å². The largest absolute Gasteiger partial charge is 0.361 e. The monoisotopic (exact) mass is 358 g/mol. The number of carbonyl (C=O) groups excluding carboxylic acids is 1. The van der Waals surface area contributed by atoms with Crippen LogP contribution in [0.25, 0.3) is 10.9 Å². The Kier molecular flexibility index (Phi) is 5.83.